The predicted molar refractivity (Wildman–Crippen MR) is 61.8 cm³/mol. The number of nitrogens with zero attached hydrogens (tertiary/aromatic N) is 2. The Morgan fingerprint density at radius 2 is 2.43 bits per heavy atom. The molecule has 1 atom stereocenters. The lowest BCUT2D eigenvalue weighted by molar-refractivity contribution is 0.762. The molecular formula is C9H11Cl2N3. The molecule has 0 bridgehead atoms. The van der Waals surface area contributed by atoms with Gasteiger partial charge in [0.05, 0.1) is 16.8 Å². The van der Waals surface area contributed by atoms with Crippen LogP contribution in [0, 0.1) is 5.92 Å². The number of nitrogens with two attached hydrogens (primary N) is 1. The molecule has 0 saturated carbocycles. The Kier molecular flexibility index (Phi) is 4.17. The fourth-order valence-electron chi connectivity index (χ4n) is 1.15. The molecule has 1 unspecified atom stereocenters. The quantitative estimate of drug-likeness (QED) is 0.731. The fourth-order valence-corrected chi connectivity index (χ4v) is 1.53. The van der Waals surface area contributed by atoms with E-state index >= 15 is 0 Å². The van der Waals surface area contributed by atoms with E-state index in [9.17, 15) is 0 Å². The molecule has 1 aliphatic heterocycles. The summed E-state index contributed by atoms with van der Waals surface area (Å²) < 4.78 is 0. The summed E-state index contributed by atoms with van der Waals surface area (Å²) >= 11 is 11.4. The van der Waals surface area contributed by atoms with Crippen LogP contribution in [-0.4, -0.2) is 11.5 Å². The first-order valence-corrected chi connectivity index (χ1v) is 4.99. The summed E-state index contributed by atoms with van der Waals surface area (Å²) in [6.07, 6.45) is 5.62. The molecule has 0 amide bonds. The molecular weight excluding hydrogens is 221 g/mol. The molecule has 0 fully saturated rings. The van der Waals surface area contributed by atoms with Crippen molar-refractivity contribution in [1.29, 1.82) is 0 Å². The summed E-state index contributed by atoms with van der Waals surface area (Å²) in [5, 5.41) is 0.775. The summed E-state index contributed by atoms with van der Waals surface area (Å²) in [4.78, 5) is 8.03. The largest absolute Gasteiger partial charge is 0.389 e. The number of hydrogen-bond donors (Lipinski definition) is 1. The molecule has 0 aromatic carbocycles. The molecule has 14 heavy (non-hydrogen) atoms. The second-order valence-corrected chi connectivity index (χ2v) is 3.62. The van der Waals surface area contributed by atoms with E-state index in [-0.39, 0.29) is 11.1 Å². The molecule has 0 spiro atoms. The van der Waals surface area contributed by atoms with Gasteiger partial charge in [-0.15, -0.1) is 0 Å². The minimum atomic E-state index is 0.0499. The summed E-state index contributed by atoms with van der Waals surface area (Å²) in [6.45, 7) is 2.02. The molecule has 3 nitrogen and oxygen atoms in total. The number of rotatable bonds is 2. The fraction of sp³-hybridized carbons (Fsp3) is 0.333. The van der Waals surface area contributed by atoms with Crippen molar-refractivity contribution < 1.29 is 0 Å². The van der Waals surface area contributed by atoms with E-state index in [0.29, 0.717) is 5.17 Å². The van der Waals surface area contributed by atoms with Crippen molar-refractivity contribution in [3.63, 3.8) is 0 Å². The Bertz CT molecular complexity index is 325. The molecule has 0 radical (unpaired) electrons. The SMILES string of the molecule is CCC1C(Cl)=NC=N/C1=C/C=C(\N)Cl. The van der Waals surface area contributed by atoms with Crippen molar-refractivity contribution in [2.45, 2.75) is 13.3 Å². The molecule has 0 aliphatic carbocycles. The van der Waals surface area contributed by atoms with Crippen molar-refractivity contribution in [2.24, 2.45) is 21.6 Å². The molecule has 76 valence electrons. The summed E-state index contributed by atoms with van der Waals surface area (Å²) in [7, 11) is 0. The van der Waals surface area contributed by atoms with Crippen molar-refractivity contribution in [3.8, 4) is 0 Å². The molecule has 0 aromatic heterocycles. The van der Waals surface area contributed by atoms with E-state index in [0.717, 1.165) is 12.1 Å². The Morgan fingerprint density at radius 1 is 1.71 bits per heavy atom. The first kappa shape index (κ1) is 11.3. The van der Waals surface area contributed by atoms with Gasteiger partial charge in [0.15, 0.2) is 0 Å². The van der Waals surface area contributed by atoms with Crippen LogP contribution in [0.1, 0.15) is 13.3 Å². The van der Waals surface area contributed by atoms with Crippen LogP contribution in [0.3, 0.4) is 0 Å². The van der Waals surface area contributed by atoms with Gasteiger partial charge in [0.2, 0.25) is 0 Å². The molecule has 1 aliphatic rings. The van der Waals surface area contributed by atoms with Gasteiger partial charge < -0.3 is 5.73 Å². The van der Waals surface area contributed by atoms with Crippen molar-refractivity contribution in [3.05, 3.63) is 23.0 Å². The number of hydrogen-bond acceptors (Lipinski definition) is 3. The van der Waals surface area contributed by atoms with Gasteiger partial charge in [-0.2, -0.15) is 0 Å². The Morgan fingerprint density at radius 3 is 3.00 bits per heavy atom. The zero-order valence-corrected chi connectivity index (χ0v) is 9.26. The maximum Gasteiger partial charge on any atom is 0.117 e. The average molecular weight is 232 g/mol. The van der Waals surface area contributed by atoms with Gasteiger partial charge in [0.1, 0.15) is 11.5 Å². The molecule has 1 rings (SSSR count). The Balaban J connectivity index is 2.90. The molecule has 0 aromatic rings. The van der Waals surface area contributed by atoms with E-state index in [4.69, 9.17) is 28.9 Å². The van der Waals surface area contributed by atoms with E-state index in [1.165, 1.54) is 6.34 Å². The van der Waals surface area contributed by atoms with Crippen molar-refractivity contribution in [2.75, 3.05) is 0 Å². The molecule has 1 heterocycles. The number of halogens is 2. The van der Waals surface area contributed by atoms with Crippen LogP contribution in [-0.2, 0) is 0 Å². The smallest absolute Gasteiger partial charge is 0.117 e. The van der Waals surface area contributed by atoms with E-state index < -0.39 is 0 Å². The van der Waals surface area contributed by atoms with Gasteiger partial charge in [-0.3, -0.25) is 0 Å². The zero-order valence-electron chi connectivity index (χ0n) is 7.74. The van der Waals surface area contributed by atoms with Gasteiger partial charge in [-0.1, -0.05) is 30.1 Å². The van der Waals surface area contributed by atoms with Gasteiger partial charge in [-0.25, -0.2) is 9.98 Å². The van der Waals surface area contributed by atoms with E-state index in [1.807, 2.05) is 6.92 Å². The van der Waals surface area contributed by atoms with Crippen LogP contribution < -0.4 is 5.73 Å². The molecule has 2 N–H and O–H groups in total. The first-order chi connectivity index (χ1) is 6.65. The van der Waals surface area contributed by atoms with E-state index in [2.05, 4.69) is 9.98 Å². The third-order valence-corrected chi connectivity index (χ3v) is 2.34. The van der Waals surface area contributed by atoms with Crippen LogP contribution in [0.25, 0.3) is 0 Å². The van der Waals surface area contributed by atoms with Crippen molar-refractivity contribution in [1.82, 2.24) is 0 Å². The second-order valence-electron chi connectivity index (χ2n) is 2.80. The highest BCUT2D eigenvalue weighted by molar-refractivity contribution is 6.66. The number of aliphatic imine (C=N–C) groups is 2. The topological polar surface area (TPSA) is 50.7 Å². The first-order valence-electron chi connectivity index (χ1n) is 4.23. The Hall–Kier alpha value is -0.800. The minimum Gasteiger partial charge on any atom is -0.389 e. The normalized spacial score (nSPS) is 25.4. The summed E-state index contributed by atoms with van der Waals surface area (Å²) in [6, 6.07) is 0. The van der Waals surface area contributed by atoms with Gasteiger partial charge >= 0.3 is 0 Å². The Labute approximate surface area is 93.0 Å². The van der Waals surface area contributed by atoms with Crippen LogP contribution in [0.2, 0.25) is 0 Å². The molecule has 0 saturated heterocycles. The highest BCUT2D eigenvalue weighted by Crippen LogP contribution is 2.23. The lowest BCUT2D eigenvalue weighted by atomic mass is 10.0. The zero-order chi connectivity index (χ0) is 10.6. The van der Waals surface area contributed by atoms with Gasteiger partial charge in [0.25, 0.3) is 0 Å². The monoisotopic (exact) mass is 231 g/mol. The van der Waals surface area contributed by atoms with Gasteiger partial charge in [-0.05, 0) is 18.6 Å². The van der Waals surface area contributed by atoms with Crippen LogP contribution >= 0.6 is 23.2 Å². The highest BCUT2D eigenvalue weighted by atomic mass is 35.5. The van der Waals surface area contributed by atoms with Gasteiger partial charge in [0, 0.05) is 0 Å². The van der Waals surface area contributed by atoms with Crippen LogP contribution in [0.5, 0.6) is 0 Å². The van der Waals surface area contributed by atoms with Crippen molar-refractivity contribution >= 4 is 34.7 Å². The van der Waals surface area contributed by atoms with Crippen LogP contribution in [0.4, 0.5) is 0 Å². The van der Waals surface area contributed by atoms with E-state index in [1.54, 1.807) is 12.2 Å². The third-order valence-electron chi connectivity index (χ3n) is 1.85. The maximum absolute atomic E-state index is 5.93. The average Bonchev–Trinajstić information content (AvgIpc) is 2.14. The standard InChI is InChI=1S/C9H11Cl2N3/c1-2-6-7(3-4-8(10)12)13-5-14-9(6)11/h3-6H,2,12H2,1H3/b7-3+,8-4-. The lowest BCUT2D eigenvalue weighted by Gasteiger charge is -2.15. The lowest BCUT2D eigenvalue weighted by Crippen LogP contribution is -2.13. The summed E-state index contributed by atoms with van der Waals surface area (Å²) in [5.74, 6) is 0.0499. The third kappa shape index (κ3) is 2.86. The number of allylic oxidation sites excluding steroid dienone is 3. The second kappa shape index (κ2) is 5.17. The maximum atomic E-state index is 5.93. The predicted octanol–water partition coefficient (Wildman–Crippen LogP) is 2.61. The summed E-state index contributed by atoms with van der Waals surface area (Å²) in [5.41, 5.74) is 6.13. The van der Waals surface area contributed by atoms with Crippen LogP contribution in [0.15, 0.2) is 33.0 Å². The highest BCUT2D eigenvalue weighted by Gasteiger charge is 2.18. The minimum absolute atomic E-state index is 0.0499. The molecule has 5 heteroatoms.